The van der Waals surface area contributed by atoms with Crippen molar-refractivity contribution in [2.75, 3.05) is 10.8 Å². The Morgan fingerprint density at radius 2 is 2.27 bits per heavy atom. The van der Waals surface area contributed by atoms with Crippen molar-refractivity contribution in [3.8, 4) is 0 Å². The molecule has 0 saturated heterocycles. The number of anilines is 1. The smallest absolute Gasteiger partial charge is 0.129 e. The first-order chi connectivity index (χ1) is 7.04. The maximum Gasteiger partial charge on any atom is 0.129 e. The fourth-order valence-corrected chi connectivity index (χ4v) is 3.58. The van der Waals surface area contributed by atoms with Crippen molar-refractivity contribution >= 4 is 47.6 Å². The molecule has 5 heteroatoms. The predicted octanol–water partition coefficient (Wildman–Crippen LogP) is 4.22. The summed E-state index contributed by atoms with van der Waals surface area (Å²) in [4.78, 5) is 4.47. The summed E-state index contributed by atoms with van der Waals surface area (Å²) in [5, 5.41) is 0.585. The Hall–Kier alpha value is 0.320. The van der Waals surface area contributed by atoms with Crippen LogP contribution in [-0.4, -0.2) is 11.5 Å². The molecule has 0 atom stereocenters. The zero-order valence-electron chi connectivity index (χ0n) is 8.63. The maximum atomic E-state index is 5.96. The van der Waals surface area contributed by atoms with Gasteiger partial charge in [-0.2, -0.15) is 0 Å². The van der Waals surface area contributed by atoms with Gasteiger partial charge in [0.1, 0.15) is 5.15 Å². The van der Waals surface area contributed by atoms with Gasteiger partial charge in [0, 0.05) is 42.3 Å². The van der Waals surface area contributed by atoms with Crippen molar-refractivity contribution < 1.29 is 0 Å². The average Bonchev–Trinajstić information content (AvgIpc) is 2.19. The van der Waals surface area contributed by atoms with E-state index >= 15 is 0 Å². The summed E-state index contributed by atoms with van der Waals surface area (Å²) >= 11 is 8.26. The molecule has 15 heavy (non-hydrogen) atoms. The lowest BCUT2D eigenvalue weighted by atomic mass is 9.82. The van der Waals surface area contributed by atoms with E-state index in [2.05, 4.69) is 50.4 Å². The van der Waals surface area contributed by atoms with Crippen LogP contribution in [0, 0.1) is 0 Å². The van der Waals surface area contributed by atoms with E-state index in [-0.39, 0.29) is 5.41 Å². The summed E-state index contributed by atoms with van der Waals surface area (Å²) < 4.78 is 2.27. The fraction of sp³-hybridized carbons (Fsp3) is 0.500. The Bertz CT molecular complexity index is 384. The minimum absolute atomic E-state index is 0.128. The van der Waals surface area contributed by atoms with Gasteiger partial charge in [-0.05, 0) is 18.6 Å². The summed E-state index contributed by atoms with van der Waals surface area (Å²) in [6.45, 7) is 5.52. The van der Waals surface area contributed by atoms with E-state index in [1.807, 2.05) is 6.07 Å². The van der Waals surface area contributed by atoms with Crippen LogP contribution in [0.2, 0.25) is 5.15 Å². The minimum Gasteiger partial charge on any atom is -0.306 e. The summed E-state index contributed by atoms with van der Waals surface area (Å²) in [5.41, 5.74) is 2.45. The van der Waals surface area contributed by atoms with Crippen LogP contribution < -0.4 is 4.31 Å². The van der Waals surface area contributed by atoms with Gasteiger partial charge < -0.3 is 4.31 Å². The molecule has 1 aliphatic rings. The molecule has 0 N–H and O–H groups in total. The van der Waals surface area contributed by atoms with Crippen molar-refractivity contribution in [1.29, 1.82) is 0 Å². The highest BCUT2D eigenvalue weighted by atomic mass is 127. The predicted molar refractivity (Wildman–Crippen MR) is 75.8 cm³/mol. The van der Waals surface area contributed by atoms with Crippen molar-refractivity contribution in [3.05, 3.63) is 23.0 Å². The second kappa shape index (κ2) is 4.30. The first-order valence-corrected chi connectivity index (χ1v) is 8.47. The van der Waals surface area contributed by atoms with Gasteiger partial charge in [-0.15, -0.1) is 0 Å². The number of nitrogens with zero attached hydrogens (tertiary/aromatic N) is 2. The normalized spacial score (nSPS) is 18.8. The van der Waals surface area contributed by atoms with Crippen LogP contribution in [0.5, 0.6) is 0 Å². The molecule has 0 fully saturated rings. The van der Waals surface area contributed by atoms with Gasteiger partial charge in [0.05, 0.1) is 11.4 Å². The summed E-state index contributed by atoms with van der Waals surface area (Å²) in [5.74, 6) is 0. The molecule has 2 nitrogen and oxygen atoms in total. The number of hydrogen-bond donors (Lipinski definition) is 0. The molecule has 0 unspecified atom stereocenters. The molecule has 0 radical (unpaired) electrons. The molecular weight excluding hydrogens is 343 g/mol. The molecule has 0 aromatic carbocycles. The van der Waals surface area contributed by atoms with Crippen LogP contribution in [0.15, 0.2) is 12.1 Å². The summed E-state index contributed by atoms with van der Waals surface area (Å²) in [6, 6.07) is 3.93. The quantitative estimate of drug-likeness (QED) is 0.427. The van der Waals surface area contributed by atoms with Crippen LogP contribution in [-0.2, 0) is 5.41 Å². The molecule has 0 aliphatic carbocycles. The van der Waals surface area contributed by atoms with Crippen molar-refractivity contribution in [3.63, 3.8) is 0 Å². The lowest BCUT2D eigenvalue weighted by Gasteiger charge is -2.37. The van der Waals surface area contributed by atoms with Gasteiger partial charge in [0.15, 0.2) is 0 Å². The fourth-order valence-electron chi connectivity index (χ4n) is 1.82. The Labute approximate surface area is 112 Å². The molecule has 2 heterocycles. The highest BCUT2D eigenvalue weighted by molar-refractivity contribution is 14.2. The number of hydrogen-bond acceptors (Lipinski definition) is 3. The number of halogens is 2. The molecule has 1 aliphatic heterocycles. The Morgan fingerprint density at radius 1 is 1.53 bits per heavy atom. The standard InChI is InChI=1S/C10H12ClIN2S/c1-10(2)5-6-14(15-12)7-3-4-8(11)13-9(7)10/h3-4H,5-6H2,1-2H3. The second-order valence-electron chi connectivity index (χ2n) is 4.31. The number of aromatic nitrogens is 1. The minimum atomic E-state index is 0.128. The largest absolute Gasteiger partial charge is 0.306 e. The van der Waals surface area contributed by atoms with Crippen molar-refractivity contribution in [2.24, 2.45) is 0 Å². The van der Waals surface area contributed by atoms with Gasteiger partial charge >= 0.3 is 0 Å². The third kappa shape index (κ3) is 2.22. The number of pyridine rings is 1. The van der Waals surface area contributed by atoms with E-state index in [0.29, 0.717) is 5.15 Å². The van der Waals surface area contributed by atoms with E-state index in [0.717, 1.165) is 18.7 Å². The maximum absolute atomic E-state index is 5.96. The molecule has 0 saturated carbocycles. The second-order valence-corrected chi connectivity index (χ2v) is 6.45. The van der Waals surface area contributed by atoms with Crippen molar-refractivity contribution in [1.82, 2.24) is 4.98 Å². The van der Waals surface area contributed by atoms with Crippen LogP contribution >= 0.6 is 41.9 Å². The van der Waals surface area contributed by atoms with E-state index < -0.39 is 0 Å². The lowest BCUT2D eigenvalue weighted by Crippen LogP contribution is -2.33. The topological polar surface area (TPSA) is 16.1 Å². The van der Waals surface area contributed by atoms with Gasteiger partial charge in [0.25, 0.3) is 0 Å². The molecule has 0 bridgehead atoms. The Morgan fingerprint density at radius 3 is 2.93 bits per heavy atom. The van der Waals surface area contributed by atoms with E-state index in [1.165, 1.54) is 5.69 Å². The molecule has 0 amide bonds. The third-order valence-corrected chi connectivity index (χ3v) is 4.96. The van der Waals surface area contributed by atoms with E-state index in [4.69, 9.17) is 11.6 Å². The zero-order chi connectivity index (χ0) is 11.1. The number of rotatable bonds is 1. The third-order valence-electron chi connectivity index (χ3n) is 2.77. The van der Waals surface area contributed by atoms with Crippen molar-refractivity contribution in [2.45, 2.75) is 25.7 Å². The molecular formula is C10H12ClIN2S. The summed E-state index contributed by atoms with van der Waals surface area (Å²) in [7, 11) is 1.72. The van der Waals surface area contributed by atoms with Gasteiger partial charge in [0.2, 0.25) is 0 Å². The SMILES string of the molecule is CC1(C)CCN(SI)c2ccc(Cl)nc21. The Kier molecular flexibility index (Phi) is 3.38. The van der Waals surface area contributed by atoms with Crippen LogP contribution in [0.25, 0.3) is 0 Å². The van der Waals surface area contributed by atoms with Gasteiger partial charge in [-0.25, -0.2) is 4.98 Å². The molecule has 1 aromatic rings. The van der Waals surface area contributed by atoms with Crippen LogP contribution in [0.3, 0.4) is 0 Å². The monoisotopic (exact) mass is 354 g/mol. The summed E-state index contributed by atoms with van der Waals surface area (Å²) in [6.07, 6.45) is 1.11. The number of fused-ring (bicyclic) bond motifs is 1. The first kappa shape index (κ1) is 11.8. The lowest BCUT2D eigenvalue weighted by molar-refractivity contribution is 0.459. The molecule has 82 valence electrons. The zero-order valence-corrected chi connectivity index (χ0v) is 12.4. The molecule has 1 aromatic heterocycles. The highest BCUT2D eigenvalue weighted by Crippen LogP contribution is 2.42. The Balaban J connectivity index is 2.53. The average molecular weight is 355 g/mol. The van der Waals surface area contributed by atoms with Gasteiger partial charge in [-0.3, -0.25) is 0 Å². The van der Waals surface area contributed by atoms with E-state index in [9.17, 15) is 0 Å². The molecule has 0 spiro atoms. The highest BCUT2D eigenvalue weighted by Gasteiger charge is 2.32. The van der Waals surface area contributed by atoms with E-state index in [1.54, 1.807) is 9.12 Å². The van der Waals surface area contributed by atoms with Crippen LogP contribution in [0.1, 0.15) is 26.0 Å². The molecule has 2 rings (SSSR count). The first-order valence-electron chi connectivity index (χ1n) is 4.78. The van der Waals surface area contributed by atoms with Crippen LogP contribution in [0.4, 0.5) is 5.69 Å². The van der Waals surface area contributed by atoms with Gasteiger partial charge in [-0.1, -0.05) is 25.4 Å².